The third-order valence-electron chi connectivity index (χ3n) is 3.17. The molecule has 1 aromatic rings. The summed E-state index contributed by atoms with van der Waals surface area (Å²) in [6.07, 6.45) is 2.53. The molecule has 2 heterocycles. The highest BCUT2D eigenvalue weighted by molar-refractivity contribution is 5.97. The molecule has 0 aliphatic carbocycles. The summed E-state index contributed by atoms with van der Waals surface area (Å²) in [5.41, 5.74) is -0.407. The van der Waals surface area contributed by atoms with E-state index in [1.54, 1.807) is 20.8 Å². The highest BCUT2D eigenvalue weighted by Crippen LogP contribution is 2.23. The Hall–Kier alpha value is -1.98. The average molecular weight is 294 g/mol. The van der Waals surface area contributed by atoms with E-state index in [4.69, 9.17) is 4.74 Å². The minimum atomic E-state index is -0.714. The van der Waals surface area contributed by atoms with Gasteiger partial charge in [0.25, 0.3) is 5.91 Å². The number of pyridine rings is 1. The van der Waals surface area contributed by atoms with E-state index < -0.39 is 23.6 Å². The molecule has 0 N–H and O–H groups in total. The highest BCUT2D eigenvalue weighted by atomic mass is 19.1. The van der Waals surface area contributed by atoms with Crippen LogP contribution in [0, 0.1) is 5.95 Å². The fourth-order valence-electron chi connectivity index (χ4n) is 2.33. The Morgan fingerprint density at radius 3 is 2.76 bits per heavy atom. The number of hydrogen-bond donors (Lipinski definition) is 0. The van der Waals surface area contributed by atoms with Gasteiger partial charge >= 0.3 is 5.97 Å². The van der Waals surface area contributed by atoms with Gasteiger partial charge in [-0.2, -0.15) is 4.39 Å². The topological polar surface area (TPSA) is 59.5 Å². The largest absolute Gasteiger partial charge is 0.458 e. The molecule has 1 atom stereocenters. The normalized spacial score (nSPS) is 18.7. The van der Waals surface area contributed by atoms with Gasteiger partial charge in [0.05, 0.1) is 0 Å². The van der Waals surface area contributed by atoms with Crippen LogP contribution in [0.3, 0.4) is 0 Å². The molecule has 0 aromatic carbocycles. The molecule has 5 nitrogen and oxygen atoms in total. The molecule has 1 saturated heterocycles. The molecule has 2 rings (SSSR count). The Morgan fingerprint density at radius 1 is 1.43 bits per heavy atom. The minimum Gasteiger partial charge on any atom is -0.458 e. The molecule has 21 heavy (non-hydrogen) atoms. The van der Waals surface area contributed by atoms with Gasteiger partial charge in [0.1, 0.15) is 11.6 Å². The van der Waals surface area contributed by atoms with Crippen LogP contribution in [0.1, 0.15) is 44.0 Å². The monoisotopic (exact) mass is 294 g/mol. The molecular weight excluding hydrogens is 275 g/mol. The van der Waals surface area contributed by atoms with E-state index in [1.807, 2.05) is 0 Å². The van der Waals surface area contributed by atoms with Crippen LogP contribution in [-0.4, -0.2) is 39.9 Å². The van der Waals surface area contributed by atoms with Crippen LogP contribution in [0.25, 0.3) is 0 Å². The van der Waals surface area contributed by atoms with Gasteiger partial charge in [-0.3, -0.25) is 4.79 Å². The Balaban J connectivity index is 2.15. The van der Waals surface area contributed by atoms with Crippen molar-refractivity contribution in [3.05, 3.63) is 29.8 Å². The Labute approximate surface area is 123 Å². The summed E-state index contributed by atoms with van der Waals surface area (Å²) in [7, 11) is 0. The molecule has 0 bridgehead atoms. The molecule has 1 aromatic heterocycles. The van der Waals surface area contributed by atoms with E-state index in [2.05, 4.69) is 4.98 Å². The van der Waals surface area contributed by atoms with E-state index in [0.29, 0.717) is 13.0 Å². The average Bonchev–Trinajstić information content (AvgIpc) is 2.85. The number of carbonyl (C=O) groups is 2. The number of ether oxygens (including phenoxy) is 1. The third-order valence-corrected chi connectivity index (χ3v) is 3.17. The predicted molar refractivity (Wildman–Crippen MR) is 74.1 cm³/mol. The van der Waals surface area contributed by atoms with E-state index in [9.17, 15) is 14.0 Å². The first-order valence-electron chi connectivity index (χ1n) is 6.93. The molecule has 1 amide bonds. The lowest BCUT2D eigenvalue weighted by Gasteiger charge is -2.27. The Bertz CT molecular complexity index is 554. The van der Waals surface area contributed by atoms with Crippen molar-refractivity contribution in [2.45, 2.75) is 45.3 Å². The lowest BCUT2D eigenvalue weighted by molar-refractivity contribution is -0.159. The number of amides is 1. The SMILES string of the molecule is CC(C)(C)OC(=O)[C@@H]1CCCN1C(=O)c1ccnc(F)c1. The summed E-state index contributed by atoms with van der Waals surface area (Å²) in [5.74, 6) is -1.50. The van der Waals surface area contributed by atoms with Crippen molar-refractivity contribution in [1.82, 2.24) is 9.88 Å². The van der Waals surface area contributed by atoms with Crippen LogP contribution < -0.4 is 0 Å². The second-order valence-electron chi connectivity index (χ2n) is 6.06. The van der Waals surface area contributed by atoms with Gasteiger partial charge < -0.3 is 9.64 Å². The lowest BCUT2D eigenvalue weighted by Crippen LogP contribution is -2.43. The van der Waals surface area contributed by atoms with Crippen molar-refractivity contribution >= 4 is 11.9 Å². The van der Waals surface area contributed by atoms with Crippen molar-refractivity contribution in [3.8, 4) is 0 Å². The number of rotatable bonds is 2. The summed E-state index contributed by atoms with van der Waals surface area (Å²) in [4.78, 5) is 29.4. The summed E-state index contributed by atoms with van der Waals surface area (Å²) in [5, 5.41) is 0. The van der Waals surface area contributed by atoms with Crippen LogP contribution in [0.5, 0.6) is 0 Å². The third kappa shape index (κ3) is 3.77. The van der Waals surface area contributed by atoms with Crippen LogP contribution in [-0.2, 0) is 9.53 Å². The predicted octanol–water partition coefficient (Wildman–Crippen LogP) is 2.17. The first kappa shape index (κ1) is 15.4. The molecule has 0 spiro atoms. The molecule has 0 saturated carbocycles. The Morgan fingerprint density at radius 2 is 2.14 bits per heavy atom. The van der Waals surface area contributed by atoms with Crippen LogP contribution in [0.2, 0.25) is 0 Å². The molecule has 1 fully saturated rings. The second kappa shape index (κ2) is 5.79. The van der Waals surface area contributed by atoms with E-state index in [0.717, 1.165) is 12.5 Å². The fourth-order valence-corrected chi connectivity index (χ4v) is 2.33. The Kier molecular flexibility index (Phi) is 4.25. The fraction of sp³-hybridized carbons (Fsp3) is 0.533. The molecular formula is C15H19FN2O3. The maximum atomic E-state index is 13.1. The quantitative estimate of drug-likeness (QED) is 0.619. The molecule has 0 radical (unpaired) electrons. The minimum absolute atomic E-state index is 0.193. The van der Waals surface area contributed by atoms with Crippen molar-refractivity contribution < 1.29 is 18.7 Å². The molecule has 1 aliphatic rings. The number of likely N-dealkylation sites (tertiary alicyclic amines) is 1. The molecule has 6 heteroatoms. The smallest absolute Gasteiger partial charge is 0.329 e. The molecule has 1 aliphatic heterocycles. The number of nitrogens with zero attached hydrogens (tertiary/aromatic N) is 2. The second-order valence-corrected chi connectivity index (χ2v) is 6.06. The van der Waals surface area contributed by atoms with Gasteiger partial charge in [-0.05, 0) is 39.7 Å². The van der Waals surface area contributed by atoms with Crippen LogP contribution in [0.4, 0.5) is 4.39 Å². The summed E-state index contributed by atoms with van der Waals surface area (Å²) < 4.78 is 18.5. The van der Waals surface area contributed by atoms with Gasteiger partial charge in [-0.25, -0.2) is 9.78 Å². The van der Waals surface area contributed by atoms with E-state index in [1.165, 1.54) is 17.2 Å². The van der Waals surface area contributed by atoms with Crippen molar-refractivity contribution in [2.75, 3.05) is 6.54 Å². The standard InChI is InChI=1S/C15H19FN2O3/c1-15(2,3)21-14(20)11-5-4-8-18(11)13(19)10-6-7-17-12(16)9-10/h6-7,9,11H,4-5,8H2,1-3H3/t11-/m0/s1. The number of aromatic nitrogens is 1. The van der Waals surface area contributed by atoms with Gasteiger partial charge in [0.2, 0.25) is 5.95 Å². The van der Waals surface area contributed by atoms with E-state index in [-0.39, 0.29) is 11.5 Å². The van der Waals surface area contributed by atoms with E-state index >= 15 is 0 Å². The highest BCUT2D eigenvalue weighted by Gasteiger charge is 2.37. The van der Waals surface area contributed by atoms with Crippen LogP contribution in [0.15, 0.2) is 18.3 Å². The van der Waals surface area contributed by atoms with Gasteiger partial charge in [-0.15, -0.1) is 0 Å². The zero-order chi connectivity index (χ0) is 15.6. The van der Waals surface area contributed by atoms with Gasteiger partial charge in [-0.1, -0.05) is 0 Å². The first-order valence-corrected chi connectivity index (χ1v) is 6.93. The summed E-state index contributed by atoms with van der Waals surface area (Å²) >= 11 is 0. The number of hydrogen-bond acceptors (Lipinski definition) is 4. The van der Waals surface area contributed by atoms with Gasteiger partial charge in [0.15, 0.2) is 0 Å². The number of halogens is 1. The maximum absolute atomic E-state index is 13.1. The maximum Gasteiger partial charge on any atom is 0.329 e. The number of esters is 1. The van der Waals surface area contributed by atoms with Gasteiger partial charge in [0, 0.05) is 24.4 Å². The number of carbonyl (C=O) groups excluding carboxylic acids is 2. The summed E-state index contributed by atoms with van der Waals surface area (Å²) in [6.45, 7) is 5.81. The van der Waals surface area contributed by atoms with Crippen molar-refractivity contribution in [3.63, 3.8) is 0 Å². The first-order chi connectivity index (χ1) is 9.78. The summed E-state index contributed by atoms with van der Waals surface area (Å²) in [6, 6.07) is 1.91. The van der Waals surface area contributed by atoms with Crippen molar-refractivity contribution in [1.29, 1.82) is 0 Å². The molecule has 0 unspecified atom stereocenters. The van der Waals surface area contributed by atoms with Crippen LogP contribution >= 0.6 is 0 Å². The zero-order valence-corrected chi connectivity index (χ0v) is 12.4. The van der Waals surface area contributed by atoms with Crippen molar-refractivity contribution in [2.24, 2.45) is 0 Å². The molecule has 114 valence electrons. The zero-order valence-electron chi connectivity index (χ0n) is 12.4. The lowest BCUT2D eigenvalue weighted by atomic mass is 10.1.